The zero-order valence-corrected chi connectivity index (χ0v) is 30.7. The number of fused-ring (bicyclic) bond motifs is 5. The number of amides is 1. The Kier molecular flexibility index (Phi) is 9.43. The number of aromatic nitrogens is 4. The average Bonchev–Trinajstić information content (AvgIpc) is 3.48. The van der Waals surface area contributed by atoms with Crippen molar-refractivity contribution in [2.75, 3.05) is 11.8 Å². The van der Waals surface area contributed by atoms with Crippen LogP contribution in [-0.2, 0) is 23.0 Å². The number of hydrogen-bond acceptors (Lipinski definition) is 9. The van der Waals surface area contributed by atoms with Gasteiger partial charge in [0.05, 0.1) is 36.1 Å². The van der Waals surface area contributed by atoms with Crippen LogP contribution >= 0.6 is 0 Å². The monoisotopic (exact) mass is 696 g/mol. The lowest BCUT2D eigenvalue weighted by molar-refractivity contribution is 0.0592. The van der Waals surface area contributed by atoms with Crippen LogP contribution in [0.2, 0.25) is 0 Å². The molecule has 0 saturated heterocycles. The summed E-state index contributed by atoms with van der Waals surface area (Å²) in [5.41, 5.74) is 5.54. The van der Waals surface area contributed by atoms with Gasteiger partial charge >= 0.3 is 0 Å². The maximum Gasteiger partial charge on any atom is 0.264 e. The standard InChI is InChI=1S/C38H44N6O5S/c1-22(2)31-18-30-35(49-31)39-20-26(40-30)21-44-27(19-38(5,6)7)15-16-29-34(48-8)33(32-23(3)11-9-12-24(32)4)42-37(41-29)43-50(46,47)28-14-10-13-25(17-28)36(44)45/h9-14,17-18,20,22,27H,15-16,19,21H2,1-8H3,(H,41,42,43)/t27-/m0/s1. The number of benzene rings is 2. The fourth-order valence-corrected chi connectivity index (χ4v) is 7.57. The Bertz CT molecular complexity index is 2170. The van der Waals surface area contributed by atoms with Gasteiger partial charge in [0.25, 0.3) is 15.9 Å². The van der Waals surface area contributed by atoms with Gasteiger partial charge < -0.3 is 14.1 Å². The maximum atomic E-state index is 14.6. The van der Waals surface area contributed by atoms with E-state index >= 15 is 0 Å². The highest BCUT2D eigenvalue weighted by Crippen LogP contribution is 2.38. The second kappa shape index (κ2) is 13.5. The van der Waals surface area contributed by atoms with Crippen LogP contribution in [-0.4, -0.2) is 52.3 Å². The number of nitrogens with one attached hydrogen (secondary N) is 1. The van der Waals surface area contributed by atoms with Crippen LogP contribution in [0.15, 0.2) is 64.0 Å². The van der Waals surface area contributed by atoms with E-state index in [9.17, 15) is 13.2 Å². The van der Waals surface area contributed by atoms with Crippen LogP contribution in [0, 0.1) is 19.3 Å². The largest absolute Gasteiger partial charge is 0.493 e. The molecule has 12 heteroatoms. The van der Waals surface area contributed by atoms with E-state index in [-0.39, 0.29) is 46.2 Å². The number of rotatable bonds is 6. The van der Waals surface area contributed by atoms with E-state index in [0.717, 1.165) is 22.5 Å². The average molecular weight is 697 g/mol. The SMILES string of the molecule is COc1c2nc(nc1-c1c(C)cccc1C)NS(=O)(=O)c1cccc(c1)C(=O)N(Cc1cnc3oc(C(C)C)cc3n1)[C@H](CC(C)(C)C)CC2. The highest BCUT2D eigenvalue weighted by atomic mass is 32.2. The molecular formula is C38H44N6O5S. The van der Waals surface area contributed by atoms with E-state index in [4.69, 9.17) is 24.1 Å². The molecule has 1 atom stereocenters. The van der Waals surface area contributed by atoms with Crippen molar-refractivity contribution < 1.29 is 22.4 Å². The highest BCUT2D eigenvalue weighted by Gasteiger charge is 2.32. The van der Waals surface area contributed by atoms with Crippen LogP contribution in [0.25, 0.3) is 22.5 Å². The number of aryl methyl sites for hydroxylation is 3. The number of ether oxygens (including phenoxy) is 1. The van der Waals surface area contributed by atoms with E-state index < -0.39 is 10.0 Å². The molecule has 2 aromatic carbocycles. The van der Waals surface area contributed by atoms with E-state index in [1.807, 2.05) is 52.0 Å². The molecule has 4 heterocycles. The van der Waals surface area contributed by atoms with Crippen molar-refractivity contribution >= 4 is 33.1 Å². The summed E-state index contributed by atoms with van der Waals surface area (Å²) in [5, 5.41) is 0. The molecule has 6 rings (SSSR count). The molecule has 0 aliphatic carbocycles. The topological polar surface area (TPSA) is 140 Å². The molecule has 1 N–H and O–H groups in total. The van der Waals surface area contributed by atoms with Gasteiger partial charge in [-0.1, -0.05) is 58.9 Å². The van der Waals surface area contributed by atoms with Gasteiger partial charge in [-0.25, -0.2) is 33.1 Å². The van der Waals surface area contributed by atoms with Crippen molar-refractivity contribution in [2.45, 2.75) is 91.1 Å². The number of methoxy groups -OCH3 is 1. The summed E-state index contributed by atoms with van der Waals surface area (Å²) in [6.07, 6.45) is 3.18. The molecule has 0 spiro atoms. The minimum absolute atomic E-state index is 0.0666. The smallest absolute Gasteiger partial charge is 0.264 e. The first kappa shape index (κ1) is 35.0. The number of carbonyl (C=O) groups excluding carboxylic acids is 1. The van der Waals surface area contributed by atoms with Crippen molar-refractivity contribution in [3.05, 3.63) is 88.6 Å². The summed E-state index contributed by atoms with van der Waals surface area (Å²) >= 11 is 0. The third-order valence-corrected chi connectivity index (χ3v) is 10.3. The molecule has 50 heavy (non-hydrogen) atoms. The number of sulfonamides is 1. The zero-order valence-electron chi connectivity index (χ0n) is 29.9. The third-order valence-electron chi connectivity index (χ3n) is 8.95. The van der Waals surface area contributed by atoms with E-state index in [2.05, 4.69) is 30.5 Å². The summed E-state index contributed by atoms with van der Waals surface area (Å²) in [6, 6.07) is 13.6. The highest BCUT2D eigenvalue weighted by molar-refractivity contribution is 7.92. The van der Waals surface area contributed by atoms with Crippen LogP contribution < -0.4 is 9.46 Å². The minimum Gasteiger partial charge on any atom is -0.493 e. The van der Waals surface area contributed by atoms with Crippen LogP contribution in [0.4, 0.5) is 5.95 Å². The fourth-order valence-electron chi connectivity index (χ4n) is 6.58. The predicted molar refractivity (Wildman–Crippen MR) is 193 cm³/mol. The molecule has 0 radical (unpaired) electrons. The molecule has 3 aromatic heterocycles. The molecular weight excluding hydrogens is 653 g/mol. The Labute approximate surface area is 293 Å². The summed E-state index contributed by atoms with van der Waals surface area (Å²) in [4.78, 5) is 35.2. The van der Waals surface area contributed by atoms with E-state index in [1.165, 1.54) is 12.1 Å². The number of furan rings is 1. The lowest BCUT2D eigenvalue weighted by Crippen LogP contribution is -2.42. The van der Waals surface area contributed by atoms with Crippen molar-refractivity contribution in [3.8, 4) is 17.0 Å². The lowest BCUT2D eigenvalue weighted by atomic mass is 9.85. The van der Waals surface area contributed by atoms with Gasteiger partial charge in [0.15, 0.2) is 5.75 Å². The molecule has 0 fully saturated rings. The van der Waals surface area contributed by atoms with Gasteiger partial charge in [-0.2, -0.15) is 0 Å². The van der Waals surface area contributed by atoms with Gasteiger partial charge in [-0.3, -0.25) is 4.79 Å². The van der Waals surface area contributed by atoms with Gasteiger partial charge in [-0.15, -0.1) is 0 Å². The quantitative estimate of drug-likeness (QED) is 0.190. The Balaban J connectivity index is 1.53. The molecule has 0 saturated carbocycles. The van der Waals surface area contributed by atoms with Crippen LogP contribution in [0.5, 0.6) is 5.75 Å². The molecule has 4 bridgehead atoms. The predicted octanol–water partition coefficient (Wildman–Crippen LogP) is 7.62. The molecule has 1 aliphatic heterocycles. The first-order valence-corrected chi connectivity index (χ1v) is 18.3. The van der Waals surface area contributed by atoms with Crippen molar-refractivity contribution in [2.24, 2.45) is 5.41 Å². The Morgan fingerprint density at radius 3 is 2.44 bits per heavy atom. The van der Waals surface area contributed by atoms with Crippen molar-refractivity contribution in [3.63, 3.8) is 0 Å². The first-order chi connectivity index (χ1) is 23.6. The van der Waals surface area contributed by atoms with E-state index in [0.29, 0.717) is 53.3 Å². The Hall–Kier alpha value is -4.84. The number of anilines is 1. The van der Waals surface area contributed by atoms with Crippen LogP contribution in [0.3, 0.4) is 0 Å². The molecule has 11 nitrogen and oxygen atoms in total. The summed E-state index contributed by atoms with van der Waals surface area (Å²) in [6.45, 7) is 14.6. The molecule has 262 valence electrons. The normalized spacial score (nSPS) is 16.5. The summed E-state index contributed by atoms with van der Waals surface area (Å²) in [5.74, 6) is 1.03. The van der Waals surface area contributed by atoms with Crippen molar-refractivity contribution in [1.82, 2.24) is 24.8 Å². The van der Waals surface area contributed by atoms with E-state index in [1.54, 1.807) is 30.3 Å². The van der Waals surface area contributed by atoms with Gasteiger partial charge in [0.2, 0.25) is 11.7 Å². The van der Waals surface area contributed by atoms with Gasteiger partial charge in [-0.05, 0) is 67.9 Å². The number of hydrogen-bond donors (Lipinski definition) is 1. The number of carbonyl (C=O) groups is 1. The molecule has 0 unspecified atom stereocenters. The number of nitrogens with zero attached hydrogens (tertiary/aromatic N) is 5. The van der Waals surface area contributed by atoms with Gasteiger partial charge in [0.1, 0.15) is 17.0 Å². The summed E-state index contributed by atoms with van der Waals surface area (Å²) < 4.78 is 42.2. The Morgan fingerprint density at radius 1 is 1.04 bits per heavy atom. The summed E-state index contributed by atoms with van der Waals surface area (Å²) in [7, 11) is -2.62. The van der Waals surface area contributed by atoms with Gasteiger partial charge in [0, 0.05) is 29.2 Å². The second-order valence-electron chi connectivity index (χ2n) is 14.5. The second-order valence-corrected chi connectivity index (χ2v) is 16.2. The fraction of sp³-hybridized carbons (Fsp3) is 0.395. The molecule has 1 aliphatic rings. The Morgan fingerprint density at radius 2 is 1.76 bits per heavy atom. The third kappa shape index (κ3) is 7.21. The first-order valence-electron chi connectivity index (χ1n) is 16.8. The van der Waals surface area contributed by atoms with Crippen LogP contribution in [0.1, 0.15) is 92.0 Å². The maximum absolute atomic E-state index is 14.6. The lowest BCUT2D eigenvalue weighted by Gasteiger charge is -2.36. The van der Waals surface area contributed by atoms with Crippen molar-refractivity contribution in [1.29, 1.82) is 0 Å². The molecule has 5 aromatic rings. The zero-order chi connectivity index (χ0) is 36.0. The molecule has 1 amide bonds. The minimum atomic E-state index is -4.19.